The molecule has 2 aromatic rings. The molecule has 6 heteroatoms. The van der Waals surface area contributed by atoms with Crippen molar-refractivity contribution in [2.75, 3.05) is 38.4 Å². The van der Waals surface area contributed by atoms with Gasteiger partial charge in [-0.1, -0.05) is 6.07 Å². The third kappa shape index (κ3) is 4.62. The molecule has 0 aliphatic heterocycles. The molecular weight excluding hydrogens is 294 g/mol. The number of amides is 1. The zero-order valence-corrected chi connectivity index (χ0v) is 13.3. The second kappa shape index (κ2) is 8.05. The number of anilines is 3. The van der Waals surface area contributed by atoms with Gasteiger partial charge in [0.05, 0.1) is 25.1 Å². The van der Waals surface area contributed by atoms with Crippen molar-refractivity contribution in [2.24, 2.45) is 0 Å². The predicted molar refractivity (Wildman–Crippen MR) is 91.3 cm³/mol. The highest BCUT2D eigenvalue weighted by Crippen LogP contribution is 2.26. The number of hydrogen-bond acceptors (Lipinski definition) is 5. The van der Waals surface area contributed by atoms with Crippen LogP contribution in [0.1, 0.15) is 10.4 Å². The minimum absolute atomic E-state index is 0.179. The van der Waals surface area contributed by atoms with Crippen molar-refractivity contribution < 1.29 is 14.3 Å². The van der Waals surface area contributed by atoms with E-state index in [0.29, 0.717) is 24.4 Å². The highest BCUT2D eigenvalue weighted by molar-refractivity contribution is 5.96. The van der Waals surface area contributed by atoms with Crippen LogP contribution in [0, 0.1) is 0 Å². The Labute approximate surface area is 135 Å². The molecule has 0 saturated carbocycles. The lowest BCUT2D eigenvalue weighted by molar-refractivity contribution is 0.0937. The number of carbonyl (C=O) groups excluding carboxylic acids is 1. The minimum Gasteiger partial charge on any atom is -0.497 e. The molecule has 2 rings (SSSR count). The van der Waals surface area contributed by atoms with Crippen LogP contribution in [0.3, 0.4) is 0 Å². The molecule has 23 heavy (non-hydrogen) atoms. The van der Waals surface area contributed by atoms with Crippen molar-refractivity contribution in [1.82, 2.24) is 5.32 Å². The highest BCUT2D eigenvalue weighted by Gasteiger charge is 2.08. The molecule has 0 aliphatic rings. The maximum absolute atomic E-state index is 12.0. The van der Waals surface area contributed by atoms with E-state index < -0.39 is 0 Å². The third-order valence-corrected chi connectivity index (χ3v) is 3.25. The van der Waals surface area contributed by atoms with Crippen molar-refractivity contribution in [3.63, 3.8) is 0 Å². The van der Waals surface area contributed by atoms with Gasteiger partial charge >= 0.3 is 0 Å². The summed E-state index contributed by atoms with van der Waals surface area (Å²) in [6, 6.07) is 12.7. The smallest absolute Gasteiger partial charge is 0.251 e. The summed E-state index contributed by atoms with van der Waals surface area (Å²) < 4.78 is 10.1. The minimum atomic E-state index is -0.179. The molecule has 0 saturated heterocycles. The lowest BCUT2D eigenvalue weighted by Gasteiger charge is -2.12. The van der Waals surface area contributed by atoms with Gasteiger partial charge < -0.3 is 25.8 Å². The zero-order chi connectivity index (χ0) is 16.7. The summed E-state index contributed by atoms with van der Waals surface area (Å²) >= 11 is 0. The van der Waals surface area contributed by atoms with Crippen LogP contribution in [-0.2, 0) is 4.74 Å². The summed E-state index contributed by atoms with van der Waals surface area (Å²) in [6.07, 6.45) is 0. The quantitative estimate of drug-likeness (QED) is 0.539. The van der Waals surface area contributed by atoms with Gasteiger partial charge in [-0.15, -0.1) is 0 Å². The molecule has 0 atom stereocenters. The molecule has 0 unspecified atom stereocenters. The van der Waals surface area contributed by atoms with Gasteiger partial charge in [-0.2, -0.15) is 0 Å². The number of carbonyl (C=O) groups is 1. The van der Waals surface area contributed by atoms with Gasteiger partial charge in [0.2, 0.25) is 0 Å². The number of rotatable bonds is 7. The number of benzene rings is 2. The van der Waals surface area contributed by atoms with E-state index in [4.69, 9.17) is 15.2 Å². The normalized spacial score (nSPS) is 10.2. The van der Waals surface area contributed by atoms with Crippen LogP contribution in [-0.4, -0.2) is 33.3 Å². The van der Waals surface area contributed by atoms with E-state index in [1.165, 1.54) is 0 Å². The summed E-state index contributed by atoms with van der Waals surface area (Å²) in [4.78, 5) is 12.0. The largest absolute Gasteiger partial charge is 0.497 e. The number of nitrogen functional groups attached to an aromatic ring is 1. The SMILES string of the molecule is COCCNC(=O)c1ccc(Nc2cccc(OC)c2)c(N)c1. The first-order valence-corrected chi connectivity index (χ1v) is 7.22. The first kappa shape index (κ1) is 16.6. The first-order chi connectivity index (χ1) is 11.1. The Morgan fingerprint density at radius 1 is 1.17 bits per heavy atom. The Morgan fingerprint density at radius 3 is 2.70 bits per heavy atom. The molecule has 0 bridgehead atoms. The van der Waals surface area contributed by atoms with Crippen molar-refractivity contribution in [1.29, 1.82) is 0 Å². The van der Waals surface area contributed by atoms with E-state index in [2.05, 4.69) is 10.6 Å². The Kier molecular flexibility index (Phi) is 5.82. The number of nitrogens with one attached hydrogen (secondary N) is 2. The van der Waals surface area contributed by atoms with E-state index in [-0.39, 0.29) is 5.91 Å². The fraction of sp³-hybridized carbons (Fsp3) is 0.235. The van der Waals surface area contributed by atoms with E-state index in [9.17, 15) is 4.79 Å². The second-order valence-electron chi connectivity index (χ2n) is 4.91. The van der Waals surface area contributed by atoms with Crippen LogP contribution >= 0.6 is 0 Å². The van der Waals surface area contributed by atoms with Crippen LogP contribution in [0.15, 0.2) is 42.5 Å². The molecule has 0 fully saturated rings. The monoisotopic (exact) mass is 315 g/mol. The molecular formula is C17H21N3O3. The fourth-order valence-electron chi connectivity index (χ4n) is 2.04. The summed E-state index contributed by atoms with van der Waals surface area (Å²) in [5.74, 6) is 0.574. The molecule has 0 aromatic heterocycles. The van der Waals surface area contributed by atoms with Gasteiger partial charge in [0, 0.05) is 31.0 Å². The molecule has 0 heterocycles. The highest BCUT2D eigenvalue weighted by atomic mass is 16.5. The molecule has 0 spiro atoms. The van der Waals surface area contributed by atoms with Gasteiger partial charge in [-0.05, 0) is 30.3 Å². The van der Waals surface area contributed by atoms with Crippen LogP contribution in [0.2, 0.25) is 0 Å². The molecule has 0 aliphatic carbocycles. The number of nitrogens with two attached hydrogens (primary N) is 1. The van der Waals surface area contributed by atoms with Gasteiger partial charge in [-0.25, -0.2) is 0 Å². The molecule has 2 aromatic carbocycles. The number of ether oxygens (including phenoxy) is 2. The van der Waals surface area contributed by atoms with Crippen LogP contribution in [0.25, 0.3) is 0 Å². The van der Waals surface area contributed by atoms with E-state index in [0.717, 1.165) is 17.1 Å². The fourth-order valence-corrected chi connectivity index (χ4v) is 2.04. The van der Waals surface area contributed by atoms with E-state index in [1.54, 1.807) is 32.4 Å². The van der Waals surface area contributed by atoms with Gasteiger partial charge in [0.15, 0.2) is 0 Å². The van der Waals surface area contributed by atoms with Crippen molar-refractivity contribution in [2.45, 2.75) is 0 Å². The molecule has 1 amide bonds. The zero-order valence-electron chi connectivity index (χ0n) is 13.3. The maximum atomic E-state index is 12.0. The lowest BCUT2D eigenvalue weighted by atomic mass is 10.1. The molecule has 6 nitrogen and oxygen atoms in total. The van der Waals surface area contributed by atoms with Crippen LogP contribution < -0.4 is 21.1 Å². The maximum Gasteiger partial charge on any atom is 0.251 e. The van der Waals surface area contributed by atoms with Crippen LogP contribution in [0.5, 0.6) is 5.75 Å². The molecule has 122 valence electrons. The average Bonchev–Trinajstić information content (AvgIpc) is 2.57. The number of methoxy groups -OCH3 is 2. The standard InChI is InChI=1S/C17H21N3O3/c1-22-9-8-19-17(21)12-6-7-16(15(18)10-12)20-13-4-3-5-14(11-13)23-2/h3-7,10-11,20H,8-9,18H2,1-2H3,(H,19,21). The van der Waals surface area contributed by atoms with E-state index >= 15 is 0 Å². The Balaban J connectivity index is 2.08. The van der Waals surface area contributed by atoms with Gasteiger partial charge in [-0.3, -0.25) is 4.79 Å². The molecule has 4 N–H and O–H groups in total. The van der Waals surface area contributed by atoms with Crippen molar-refractivity contribution in [3.8, 4) is 5.75 Å². The van der Waals surface area contributed by atoms with Crippen LogP contribution in [0.4, 0.5) is 17.1 Å². The third-order valence-electron chi connectivity index (χ3n) is 3.25. The van der Waals surface area contributed by atoms with Crippen molar-refractivity contribution >= 4 is 23.0 Å². The first-order valence-electron chi connectivity index (χ1n) is 7.22. The average molecular weight is 315 g/mol. The summed E-state index contributed by atoms with van der Waals surface area (Å²) in [5.41, 5.74) is 8.62. The topological polar surface area (TPSA) is 85.6 Å². The number of hydrogen-bond donors (Lipinski definition) is 3. The Hall–Kier alpha value is -2.73. The van der Waals surface area contributed by atoms with Gasteiger partial charge in [0.1, 0.15) is 5.75 Å². The Morgan fingerprint density at radius 2 is 2.00 bits per heavy atom. The molecule has 0 radical (unpaired) electrons. The van der Waals surface area contributed by atoms with Gasteiger partial charge in [0.25, 0.3) is 5.91 Å². The summed E-state index contributed by atoms with van der Waals surface area (Å²) in [7, 11) is 3.20. The predicted octanol–water partition coefficient (Wildman–Crippen LogP) is 2.40. The Bertz CT molecular complexity index is 674. The summed E-state index contributed by atoms with van der Waals surface area (Å²) in [5, 5.41) is 5.96. The lowest BCUT2D eigenvalue weighted by Crippen LogP contribution is -2.27. The second-order valence-corrected chi connectivity index (χ2v) is 4.91. The summed E-state index contributed by atoms with van der Waals surface area (Å²) in [6.45, 7) is 0.926. The van der Waals surface area contributed by atoms with Crippen molar-refractivity contribution in [3.05, 3.63) is 48.0 Å². The van der Waals surface area contributed by atoms with E-state index in [1.807, 2.05) is 24.3 Å².